The molecule has 0 saturated carbocycles. The monoisotopic (exact) mass is 977 g/mol. The van der Waals surface area contributed by atoms with Crippen molar-refractivity contribution in [3.63, 3.8) is 0 Å². The van der Waals surface area contributed by atoms with Crippen LogP contribution in [0.25, 0.3) is 0 Å². The number of nitrogens with zero attached hydrogens (tertiary/aromatic N) is 9. The number of halogens is 1. The largest absolute Gasteiger partial charge is 0.494 e. The van der Waals surface area contributed by atoms with Crippen molar-refractivity contribution in [2.45, 2.75) is 64.0 Å². The molecule has 2 N–H and O–H groups in total. The van der Waals surface area contributed by atoms with Crippen molar-refractivity contribution in [1.29, 1.82) is 0 Å². The molecule has 0 aliphatic carbocycles. The first kappa shape index (κ1) is 45.0. The van der Waals surface area contributed by atoms with Crippen LogP contribution >= 0.6 is 11.6 Å². The lowest BCUT2D eigenvalue weighted by Crippen LogP contribution is -2.55. The molecule has 21 heteroatoms. The number of ether oxygens (including phenoxy) is 1. The van der Waals surface area contributed by atoms with E-state index in [1.165, 1.54) is 14.8 Å². The molecule has 0 bridgehead atoms. The summed E-state index contributed by atoms with van der Waals surface area (Å²) in [6, 6.07) is 14.1. The zero-order valence-electron chi connectivity index (χ0n) is 38.3. The van der Waals surface area contributed by atoms with Crippen LogP contribution in [0.1, 0.15) is 70.4 Å². The zero-order chi connectivity index (χ0) is 47.9. The van der Waals surface area contributed by atoms with Gasteiger partial charge in [0.15, 0.2) is 5.82 Å². The molecule has 4 saturated heterocycles. The average Bonchev–Trinajstić information content (AvgIpc) is 3.99. The number of imide groups is 2. The van der Waals surface area contributed by atoms with E-state index < -0.39 is 39.9 Å². The number of nitrogens with one attached hydrogen (secondary N) is 2. The van der Waals surface area contributed by atoms with Gasteiger partial charge in [0.25, 0.3) is 11.8 Å². The smallest absolute Gasteiger partial charge is 0.332 e. The van der Waals surface area contributed by atoms with E-state index in [2.05, 4.69) is 42.2 Å². The predicted molar refractivity (Wildman–Crippen MR) is 258 cm³/mol. The van der Waals surface area contributed by atoms with E-state index in [1.807, 2.05) is 35.2 Å². The summed E-state index contributed by atoms with van der Waals surface area (Å²) in [6.45, 7) is 8.43. The number of aromatic nitrogens is 2. The second-order valence-corrected chi connectivity index (χ2v) is 20.8. The van der Waals surface area contributed by atoms with Crippen LogP contribution in [0.5, 0.6) is 5.75 Å². The molecular formula is C48H52ClN11O8S. The van der Waals surface area contributed by atoms with Gasteiger partial charge >= 0.3 is 10.2 Å². The summed E-state index contributed by atoms with van der Waals surface area (Å²) in [5.74, 6) is -1.17. The van der Waals surface area contributed by atoms with Crippen molar-refractivity contribution in [1.82, 2.24) is 30.0 Å². The van der Waals surface area contributed by atoms with Crippen molar-refractivity contribution in [3.05, 3.63) is 82.0 Å². The number of fused-ring (bicyclic) bond motifs is 1. The maximum atomic E-state index is 13.8. The molecule has 4 fully saturated rings. The van der Waals surface area contributed by atoms with Crippen molar-refractivity contribution < 1.29 is 37.1 Å². The van der Waals surface area contributed by atoms with Crippen LogP contribution in [0.4, 0.5) is 40.2 Å². The zero-order valence-corrected chi connectivity index (χ0v) is 39.9. The van der Waals surface area contributed by atoms with E-state index in [-0.39, 0.29) is 52.6 Å². The normalized spacial score (nSPS) is 21.8. The van der Waals surface area contributed by atoms with Gasteiger partial charge in [0.2, 0.25) is 23.7 Å². The summed E-state index contributed by atoms with van der Waals surface area (Å²) in [5.41, 5.74) is 6.17. The van der Waals surface area contributed by atoms with E-state index in [9.17, 15) is 32.4 Å². The molecule has 5 amide bonds. The van der Waals surface area contributed by atoms with Gasteiger partial charge in [-0.2, -0.15) is 13.4 Å². The molecule has 7 aliphatic heterocycles. The molecule has 8 heterocycles. The van der Waals surface area contributed by atoms with Gasteiger partial charge in [0.1, 0.15) is 16.8 Å². The number of anilines is 7. The SMILES string of the molecule is COc1cc(N2CCC(N3CCN(C(=O)C4CCN(c5ccc6c(c5)C(=O)N(C5CCC(=O)NC5=O)C6=O)CC4)CC3)CC2)c(C)cc1Nc1ncc(Cl)c(N2c3cccc4c3N(CC4)S2(=O)=O)n1. The third-order valence-corrected chi connectivity index (χ3v) is 16.9. The third-order valence-electron chi connectivity index (χ3n) is 14.9. The second kappa shape index (κ2) is 17.5. The molecule has 360 valence electrons. The Labute approximate surface area is 404 Å². The minimum atomic E-state index is -3.94. The highest BCUT2D eigenvalue weighted by Crippen LogP contribution is 2.51. The van der Waals surface area contributed by atoms with Gasteiger partial charge in [-0.1, -0.05) is 23.7 Å². The molecule has 0 radical (unpaired) electrons. The Morgan fingerprint density at radius 1 is 0.826 bits per heavy atom. The van der Waals surface area contributed by atoms with Crippen LogP contribution in [-0.2, 0) is 31.0 Å². The minimum Gasteiger partial charge on any atom is -0.494 e. The molecule has 11 rings (SSSR count). The predicted octanol–water partition coefficient (Wildman–Crippen LogP) is 4.38. The number of methoxy groups -OCH3 is 1. The summed E-state index contributed by atoms with van der Waals surface area (Å²) >= 11 is 6.58. The van der Waals surface area contributed by atoms with Crippen LogP contribution in [0.3, 0.4) is 0 Å². The maximum Gasteiger partial charge on any atom is 0.332 e. The number of piperidine rings is 3. The number of rotatable bonds is 9. The van der Waals surface area contributed by atoms with E-state index in [0.29, 0.717) is 80.8 Å². The Morgan fingerprint density at radius 2 is 1.57 bits per heavy atom. The van der Waals surface area contributed by atoms with Crippen LogP contribution in [0.2, 0.25) is 5.02 Å². The Morgan fingerprint density at radius 3 is 2.30 bits per heavy atom. The quantitative estimate of drug-likeness (QED) is 0.224. The fraction of sp³-hybridized carbons (Fsp3) is 0.438. The molecule has 1 aromatic heterocycles. The minimum absolute atomic E-state index is 0.0649. The summed E-state index contributed by atoms with van der Waals surface area (Å²) < 4.78 is 35.9. The van der Waals surface area contributed by atoms with Gasteiger partial charge in [-0.3, -0.25) is 43.4 Å². The van der Waals surface area contributed by atoms with Crippen LogP contribution in [-0.4, -0.2) is 141 Å². The molecule has 3 aromatic carbocycles. The summed E-state index contributed by atoms with van der Waals surface area (Å²) in [5, 5.41) is 5.59. The molecule has 7 aliphatic rings. The van der Waals surface area contributed by atoms with Crippen molar-refractivity contribution in [2.75, 3.05) is 89.7 Å². The highest BCUT2D eigenvalue weighted by atomic mass is 35.5. The molecule has 19 nitrogen and oxygen atoms in total. The Balaban J connectivity index is 0.668. The Bertz CT molecular complexity index is 2930. The molecule has 4 aromatic rings. The Kier molecular flexibility index (Phi) is 11.4. The number of piperazine rings is 1. The van der Waals surface area contributed by atoms with Gasteiger partial charge in [-0.25, -0.2) is 9.29 Å². The van der Waals surface area contributed by atoms with Crippen LogP contribution < -0.4 is 33.8 Å². The summed E-state index contributed by atoms with van der Waals surface area (Å²) in [7, 11) is -2.33. The van der Waals surface area contributed by atoms with Crippen molar-refractivity contribution in [2.24, 2.45) is 5.92 Å². The topological polar surface area (TPSA) is 201 Å². The number of carbonyl (C=O) groups excluding carboxylic acids is 5. The first-order valence-electron chi connectivity index (χ1n) is 23.6. The number of carbonyl (C=O) groups is 5. The second-order valence-electron chi connectivity index (χ2n) is 18.7. The van der Waals surface area contributed by atoms with Crippen LogP contribution in [0, 0.1) is 12.8 Å². The fourth-order valence-electron chi connectivity index (χ4n) is 11.3. The summed E-state index contributed by atoms with van der Waals surface area (Å²) in [4.78, 5) is 83.6. The molecule has 0 spiro atoms. The lowest BCUT2D eigenvalue weighted by atomic mass is 9.94. The van der Waals surface area contributed by atoms with Crippen LogP contribution in [0.15, 0.2) is 54.7 Å². The molecule has 69 heavy (non-hydrogen) atoms. The van der Waals surface area contributed by atoms with Crippen molar-refractivity contribution >= 4 is 91.5 Å². The first-order valence-corrected chi connectivity index (χ1v) is 25.4. The lowest BCUT2D eigenvalue weighted by Gasteiger charge is -2.44. The summed E-state index contributed by atoms with van der Waals surface area (Å²) in [6.07, 6.45) is 5.55. The van der Waals surface area contributed by atoms with E-state index in [4.69, 9.17) is 16.3 Å². The lowest BCUT2D eigenvalue weighted by molar-refractivity contribution is -0.138. The highest BCUT2D eigenvalue weighted by molar-refractivity contribution is 7.95. The third kappa shape index (κ3) is 7.76. The number of aryl methyl sites for hydroxylation is 1. The van der Waals surface area contributed by atoms with E-state index >= 15 is 0 Å². The number of hydrogen-bond acceptors (Lipinski definition) is 14. The Hall–Kier alpha value is -6.51. The van der Waals surface area contributed by atoms with Gasteiger partial charge in [-0.15, -0.1) is 0 Å². The molecule has 1 unspecified atom stereocenters. The van der Waals surface area contributed by atoms with Gasteiger partial charge in [0.05, 0.1) is 41.5 Å². The highest BCUT2D eigenvalue weighted by Gasteiger charge is 2.47. The fourth-order valence-corrected chi connectivity index (χ4v) is 13.2. The standard InChI is InChI=1S/C48H52ClN11O8S/c1-28-24-36(51-48-50-27-35(49)43(53-48)60-37-5-3-4-29-12-19-58(42(29)37)69(60,66)67)40(68-2)26-39(28)56-17-13-31(14-18-56)55-20-22-57(23-21-55)45(63)30-10-15-54(16-11-30)32-6-7-33-34(25-32)47(65)59(46(33)64)38-8-9-41(61)52-44(38)62/h3-7,24-27,30-31,38H,8-23H2,1-2H3,(H,50,51,53)(H,52,61,62). The van der Waals surface area contributed by atoms with Gasteiger partial charge in [0, 0.05) is 94.7 Å². The number of amides is 5. The van der Waals surface area contributed by atoms with Crippen molar-refractivity contribution in [3.8, 4) is 5.75 Å². The molecular weight excluding hydrogens is 926 g/mol. The van der Waals surface area contributed by atoms with Gasteiger partial charge in [-0.05, 0) is 86.9 Å². The number of benzene rings is 3. The number of hydrogen-bond donors (Lipinski definition) is 2. The molecule has 1 atom stereocenters. The average molecular weight is 979 g/mol. The first-order chi connectivity index (χ1) is 33.3. The van der Waals surface area contributed by atoms with Gasteiger partial charge < -0.3 is 24.8 Å². The number of para-hydroxylation sites is 1. The van der Waals surface area contributed by atoms with E-state index in [0.717, 1.165) is 66.4 Å². The van der Waals surface area contributed by atoms with E-state index in [1.54, 1.807) is 25.3 Å². The maximum absolute atomic E-state index is 13.8.